The van der Waals surface area contributed by atoms with Crippen LogP contribution >= 0.6 is 11.3 Å². The maximum atomic E-state index is 13.5. The zero-order valence-corrected chi connectivity index (χ0v) is 18.7. The standard InChI is InChI=1S/C25H28F2N2O2S/c26-21-7-3-19(4-8-21)25(20-5-9-22(27)10-6-20)29-13-11-28(12-14-29)16-23(30)17-31-18-24-2-1-15-32-24/h1-10,15,23,25,30H,11-14,16-18H2/t23-/m1/s1. The summed E-state index contributed by atoms with van der Waals surface area (Å²) >= 11 is 1.65. The van der Waals surface area contributed by atoms with Crippen LogP contribution < -0.4 is 0 Å². The Kier molecular flexibility index (Phi) is 8.00. The number of piperazine rings is 1. The molecule has 0 unspecified atom stereocenters. The largest absolute Gasteiger partial charge is 0.389 e. The Labute approximate surface area is 191 Å². The number of nitrogens with zero attached hydrogens (tertiary/aromatic N) is 2. The number of ether oxygens (including phenoxy) is 1. The van der Waals surface area contributed by atoms with Crippen LogP contribution in [0.5, 0.6) is 0 Å². The molecule has 0 aliphatic carbocycles. The van der Waals surface area contributed by atoms with Gasteiger partial charge in [-0.15, -0.1) is 11.3 Å². The van der Waals surface area contributed by atoms with Gasteiger partial charge >= 0.3 is 0 Å². The first-order chi connectivity index (χ1) is 15.6. The molecule has 0 bridgehead atoms. The number of hydrogen-bond donors (Lipinski definition) is 1. The zero-order valence-electron chi connectivity index (χ0n) is 17.9. The quantitative estimate of drug-likeness (QED) is 0.518. The molecule has 2 aromatic carbocycles. The third-order valence-electron chi connectivity index (χ3n) is 5.75. The summed E-state index contributed by atoms with van der Waals surface area (Å²) in [7, 11) is 0. The lowest BCUT2D eigenvalue weighted by atomic mass is 9.96. The molecule has 170 valence electrons. The minimum absolute atomic E-state index is 0.0718. The second-order valence-corrected chi connectivity index (χ2v) is 9.12. The second-order valence-electron chi connectivity index (χ2n) is 8.09. The Balaban J connectivity index is 1.33. The first-order valence-corrected chi connectivity index (χ1v) is 11.7. The molecule has 0 amide bonds. The number of aliphatic hydroxyl groups is 1. The molecule has 1 N–H and O–H groups in total. The van der Waals surface area contributed by atoms with Gasteiger partial charge in [-0.1, -0.05) is 30.3 Å². The molecular weight excluding hydrogens is 430 g/mol. The molecule has 32 heavy (non-hydrogen) atoms. The van der Waals surface area contributed by atoms with Crippen LogP contribution in [0.2, 0.25) is 0 Å². The van der Waals surface area contributed by atoms with Crippen LogP contribution in [0.25, 0.3) is 0 Å². The van der Waals surface area contributed by atoms with Crippen LogP contribution in [-0.2, 0) is 11.3 Å². The monoisotopic (exact) mass is 458 g/mol. The highest BCUT2D eigenvalue weighted by molar-refractivity contribution is 7.09. The number of β-amino-alcohol motifs (C(OH)–C–C–N with tert-alkyl or cyclic N) is 1. The first kappa shape index (κ1) is 23.0. The average molecular weight is 459 g/mol. The number of hydrogen-bond acceptors (Lipinski definition) is 5. The Morgan fingerprint density at radius 3 is 2.00 bits per heavy atom. The fourth-order valence-corrected chi connectivity index (χ4v) is 4.79. The van der Waals surface area contributed by atoms with Crippen LogP contribution in [0, 0.1) is 11.6 Å². The summed E-state index contributed by atoms with van der Waals surface area (Å²) < 4.78 is 32.6. The van der Waals surface area contributed by atoms with Crippen molar-refractivity contribution < 1.29 is 18.6 Å². The molecule has 2 heterocycles. The maximum absolute atomic E-state index is 13.5. The fourth-order valence-electron chi connectivity index (χ4n) is 4.15. The number of thiophene rings is 1. The average Bonchev–Trinajstić information content (AvgIpc) is 3.31. The van der Waals surface area contributed by atoms with E-state index in [4.69, 9.17) is 4.74 Å². The maximum Gasteiger partial charge on any atom is 0.123 e. The van der Waals surface area contributed by atoms with Crippen molar-refractivity contribution >= 4 is 11.3 Å². The van der Waals surface area contributed by atoms with Gasteiger partial charge in [0.25, 0.3) is 0 Å². The molecule has 4 nitrogen and oxygen atoms in total. The molecule has 1 fully saturated rings. The molecule has 1 aromatic heterocycles. The SMILES string of the molecule is O[C@@H](COCc1cccs1)CN1CCN(C(c2ccc(F)cc2)c2ccc(F)cc2)CC1. The smallest absolute Gasteiger partial charge is 0.123 e. The van der Waals surface area contributed by atoms with Gasteiger partial charge in [0.1, 0.15) is 11.6 Å². The van der Waals surface area contributed by atoms with E-state index >= 15 is 0 Å². The summed E-state index contributed by atoms with van der Waals surface area (Å²) in [6.45, 7) is 4.60. The summed E-state index contributed by atoms with van der Waals surface area (Å²) in [6.07, 6.45) is -0.536. The number of halogens is 2. The van der Waals surface area contributed by atoms with Crippen molar-refractivity contribution in [3.05, 3.63) is 93.7 Å². The predicted octanol–water partition coefficient (Wildman–Crippen LogP) is 4.31. The molecule has 1 aliphatic heterocycles. The fraction of sp³-hybridized carbons (Fsp3) is 0.360. The minimum atomic E-state index is -0.536. The molecule has 1 atom stereocenters. The van der Waals surface area contributed by atoms with Crippen molar-refractivity contribution in [2.24, 2.45) is 0 Å². The van der Waals surface area contributed by atoms with E-state index in [1.807, 2.05) is 17.5 Å². The predicted molar refractivity (Wildman–Crippen MR) is 123 cm³/mol. The van der Waals surface area contributed by atoms with Crippen molar-refractivity contribution in [3.8, 4) is 0 Å². The molecular formula is C25H28F2N2O2S. The van der Waals surface area contributed by atoms with E-state index in [0.717, 1.165) is 42.2 Å². The zero-order chi connectivity index (χ0) is 22.3. The van der Waals surface area contributed by atoms with Crippen LogP contribution in [0.4, 0.5) is 8.78 Å². The molecule has 7 heteroatoms. The minimum Gasteiger partial charge on any atom is -0.389 e. The van der Waals surface area contributed by atoms with Gasteiger partial charge in [-0.2, -0.15) is 0 Å². The molecule has 0 spiro atoms. The van der Waals surface area contributed by atoms with Gasteiger partial charge in [0.2, 0.25) is 0 Å². The van der Waals surface area contributed by atoms with E-state index < -0.39 is 6.10 Å². The molecule has 1 aliphatic rings. The van der Waals surface area contributed by atoms with Crippen molar-refractivity contribution in [3.63, 3.8) is 0 Å². The van der Waals surface area contributed by atoms with Gasteiger partial charge < -0.3 is 9.84 Å². The van der Waals surface area contributed by atoms with Gasteiger partial charge in [0.05, 0.1) is 25.4 Å². The Morgan fingerprint density at radius 2 is 1.47 bits per heavy atom. The number of rotatable bonds is 9. The van der Waals surface area contributed by atoms with Crippen LogP contribution in [0.1, 0.15) is 22.0 Å². The van der Waals surface area contributed by atoms with Crippen LogP contribution in [0.15, 0.2) is 66.0 Å². The Morgan fingerprint density at radius 1 is 0.875 bits per heavy atom. The normalized spacial score (nSPS) is 16.5. The van der Waals surface area contributed by atoms with Crippen LogP contribution in [-0.4, -0.2) is 60.3 Å². The first-order valence-electron chi connectivity index (χ1n) is 10.8. The van der Waals surface area contributed by atoms with Gasteiger partial charge in [-0.3, -0.25) is 9.80 Å². The van der Waals surface area contributed by atoms with Gasteiger partial charge in [-0.05, 0) is 46.8 Å². The van der Waals surface area contributed by atoms with Gasteiger partial charge in [0.15, 0.2) is 0 Å². The summed E-state index contributed by atoms with van der Waals surface area (Å²) in [5.41, 5.74) is 1.96. The van der Waals surface area contributed by atoms with Crippen molar-refractivity contribution in [2.45, 2.75) is 18.8 Å². The summed E-state index contributed by atoms with van der Waals surface area (Å²) in [6, 6.07) is 17.0. The van der Waals surface area contributed by atoms with Crippen molar-refractivity contribution in [1.82, 2.24) is 9.80 Å². The molecule has 0 saturated carbocycles. The molecule has 0 radical (unpaired) electrons. The van der Waals surface area contributed by atoms with E-state index in [1.165, 1.54) is 24.3 Å². The Bertz CT molecular complexity index is 898. The molecule has 1 saturated heterocycles. The third-order valence-corrected chi connectivity index (χ3v) is 6.60. The highest BCUT2D eigenvalue weighted by Crippen LogP contribution is 2.30. The van der Waals surface area contributed by atoms with E-state index in [-0.39, 0.29) is 17.7 Å². The van der Waals surface area contributed by atoms with Gasteiger partial charge in [0, 0.05) is 37.6 Å². The highest BCUT2D eigenvalue weighted by atomic mass is 32.1. The lowest BCUT2D eigenvalue weighted by Crippen LogP contribution is -2.50. The van der Waals surface area contributed by atoms with Gasteiger partial charge in [-0.25, -0.2) is 8.78 Å². The lowest BCUT2D eigenvalue weighted by molar-refractivity contribution is -0.0000872. The van der Waals surface area contributed by atoms with E-state index in [0.29, 0.717) is 19.8 Å². The topological polar surface area (TPSA) is 35.9 Å². The summed E-state index contributed by atoms with van der Waals surface area (Å²) in [5.74, 6) is -0.543. The number of aliphatic hydroxyl groups excluding tert-OH is 1. The van der Waals surface area contributed by atoms with E-state index in [2.05, 4.69) is 9.80 Å². The molecule has 4 rings (SSSR count). The van der Waals surface area contributed by atoms with E-state index in [9.17, 15) is 13.9 Å². The highest BCUT2D eigenvalue weighted by Gasteiger charge is 2.27. The lowest BCUT2D eigenvalue weighted by Gasteiger charge is -2.40. The number of benzene rings is 2. The Hall–Kier alpha value is -2.16. The second kappa shape index (κ2) is 11.1. The van der Waals surface area contributed by atoms with Crippen molar-refractivity contribution in [1.29, 1.82) is 0 Å². The molecule has 3 aromatic rings. The van der Waals surface area contributed by atoms with E-state index in [1.54, 1.807) is 35.6 Å². The summed E-state index contributed by atoms with van der Waals surface area (Å²) in [5, 5.41) is 12.4. The third kappa shape index (κ3) is 6.21. The van der Waals surface area contributed by atoms with Crippen molar-refractivity contribution in [2.75, 3.05) is 39.3 Å². The van der Waals surface area contributed by atoms with Crippen LogP contribution in [0.3, 0.4) is 0 Å². The summed E-state index contributed by atoms with van der Waals surface area (Å²) in [4.78, 5) is 5.72.